The summed E-state index contributed by atoms with van der Waals surface area (Å²) in [6.07, 6.45) is -4.12. The van der Waals surface area contributed by atoms with Crippen LogP contribution in [-0.4, -0.2) is 39.0 Å². The Bertz CT molecular complexity index is 584. The SMILES string of the molecule is CNCc1ccc(S(=O)(=O)N2CCCC(C(F)(F)F)C2)s1. The van der Waals surface area contributed by atoms with Gasteiger partial charge in [0.05, 0.1) is 5.92 Å². The number of sulfonamides is 1. The van der Waals surface area contributed by atoms with Crippen LogP contribution >= 0.6 is 11.3 Å². The monoisotopic (exact) mass is 342 g/mol. The zero-order chi connectivity index (χ0) is 15.7. The highest BCUT2D eigenvalue weighted by molar-refractivity contribution is 7.91. The highest BCUT2D eigenvalue weighted by Gasteiger charge is 2.44. The molecule has 0 aromatic carbocycles. The molecule has 0 spiro atoms. The molecule has 1 atom stereocenters. The van der Waals surface area contributed by atoms with Crippen LogP contribution in [0.4, 0.5) is 13.2 Å². The smallest absolute Gasteiger partial charge is 0.315 e. The Morgan fingerprint density at radius 3 is 2.76 bits per heavy atom. The Morgan fingerprint density at radius 1 is 1.43 bits per heavy atom. The minimum atomic E-state index is -4.35. The van der Waals surface area contributed by atoms with Crippen molar-refractivity contribution in [3.8, 4) is 0 Å². The van der Waals surface area contributed by atoms with E-state index in [0.717, 1.165) is 20.5 Å². The standard InChI is InChI=1S/C12H17F3N2O2S2/c1-16-7-10-4-5-11(20-10)21(18,19)17-6-2-3-9(8-17)12(13,14)15/h4-5,9,16H,2-3,6-8H2,1H3. The lowest BCUT2D eigenvalue weighted by Crippen LogP contribution is -2.44. The lowest BCUT2D eigenvalue weighted by Gasteiger charge is -2.32. The molecule has 21 heavy (non-hydrogen) atoms. The Labute approximate surface area is 126 Å². The minimum absolute atomic E-state index is 0.00896. The van der Waals surface area contributed by atoms with Crippen molar-refractivity contribution in [1.29, 1.82) is 0 Å². The number of hydrogen-bond donors (Lipinski definition) is 1. The van der Waals surface area contributed by atoms with E-state index in [-0.39, 0.29) is 23.6 Å². The van der Waals surface area contributed by atoms with E-state index < -0.39 is 28.7 Å². The van der Waals surface area contributed by atoms with E-state index in [4.69, 9.17) is 0 Å². The van der Waals surface area contributed by atoms with Crippen molar-refractivity contribution in [3.63, 3.8) is 0 Å². The summed E-state index contributed by atoms with van der Waals surface area (Å²) in [6, 6.07) is 3.14. The first kappa shape index (κ1) is 16.7. The zero-order valence-electron chi connectivity index (χ0n) is 11.5. The van der Waals surface area contributed by atoms with E-state index in [0.29, 0.717) is 6.54 Å². The number of thiophene rings is 1. The van der Waals surface area contributed by atoms with Gasteiger partial charge in [0, 0.05) is 24.5 Å². The second-order valence-electron chi connectivity index (χ2n) is 4.99. The molecule has 9 heteroatoms. The zero-order valence-corrected chi connectivity index (χ0v) is 13.1. The quantitative estimate of drug-likeness (QED) is 0.914. The maximum Gasteiger partial charge on any atom is 0.393 e. The van der Waals surface area contributed by atoms with Gasteiger partial charge in [0.25, 0.3) is 10.0 Å². The van der Waals surface area contributed by atoms with E-state index in [2.05, 4.69) is 5.32 Å². The Kier molecular flexibility index (Phi) is 4.96. The molecule has 1 aliphatic heterocycles. The van der Waals surface area contributed by atoms with Gasteiger partial charge in [0.1, 0.15) is 4.21 Å². The van der Waals surface area contributed by atoms with Gasteiger partial charge >= 0.3 is 6.18 Å². The van der Waals surface area contributed by atoms with E-state index in [1.54, 1.807) is 13.1 Å². The Hall–Kier alpha value is -0.640. The van der Waals surface area contributed by atoms with Gasteiger partial charge in [0.2, 0.25) is 0 Å². The van der Waals surface area contributed by atoms with Crippen LogP contribution in [0, 0.1) is 5.92 Å². The molecule has 2 heterocycles. The predicted molar refractivity (Wildman–Crippen MR) is 74.6 cm³/mol. The summed E-state index contributed by atoms with van der Waals surface area (Å²) in [5.74, 6) is -1.57. The van der Waals surface area contributed by atoms with Crippen LogP contribution in [0.25, 0.3) is 0 Å². The largest absolute Gasteiger partial charge is 0.393 e. The molecule has 4 nitrogen and oxygen atoms in total. The molecule has 0 amide bonds. The van der Waals surface area contributed by atoms with Gasteiger partial charge in [0.15, 0.2) is 0 Å². The lowest BCUT2D eigenvalue weighted by molar-refractivity contribution is -0.182. The summed E-state index contributed by atoms with van der Waals surface area (Å²) in [5, 5.41) is 2.91. The van der Waals surface area contributed by atoms with Crippen LogP contribution in [0.2, 0.25) is 0 Å². The van der Waals surface area contributed by atoms with E-state index >= 15 is 0 Å². The normalized spacial score (nSPS) is 21.6. The summed E-state index contributed by atoms with van der Waals surface area (Å²) < 4.78 is 64.3. The van der Waals surface area contributed by atoms with Crippen molar-refractivity contribution < 1.29 is 21.6 Å². The molecular formula is C12H17F3N2O2S2. The van der Waals surface area contributed by atoms with Crippen molar-refractivity contribution in [2.45, 2.75) is 29.8 Å². The number of nitrogens with zero attached hydrogens (tertiary/aromatic N) is 1. The van der Waals surface area contributed by atoms with Gasteiger partial charge in [-0.3, -0.25) is 0 Å². The number of piperidine rings is 1. The third-order valence-corrected chi connectivity index (χ3v) is 6.85. The molecule has 0 aliphatic carbocycles. The summed E-state index contributed by atoms with van der Waals surface area (Å²) in [5.41, 5.74) is 0. The number of hydrogen-bond acceptors (Lipinski definition) is 4. The molecule has 1 aromatic heterocycles. The average Bonchev–Trinajstić information content (AvgIpc) is 2.88. The average molecular weight is 342 g/mol. The third kappa shape index (κ3) is 3.77. The summed E-state index contributed by atoms with van der Waals surface area (Å²) in [6.45, 7) is 0.199. The molecule has 1 saturated heterocycles. The Balaban J connectivity index is 2.18. The van der Waals surface area contributed by atoms with Crippen molar-refractivity contribution in [3.05, 3.63) is 17.0 Å². The van der Waals surface area contributed by atoms with E-state index in [1.165, 1.54) is 6.07 Å². The van der Waals surface area contributed by atoms with Gasteiger partial charge in [-0.25, -0.2) is 8.42 Å². The van der Waals surface area contributed by atoms with Crippen LogP contribution < -0.4 is 5.32 Å². The molecule has 1 N–H and O–H groups in total. The molecule has 2 rings (SSSR count). The highest BCUT2D eigenvalue weighted by atomic mass is 32.2. The first-order chi connectivity index (χ1) is 9.75. The van der Waals surface area contributed by atoms with Crippen LogP contribution in [0.15, 0.2) is 16.3 Å². The van der Waals surface area contributed by atoms with Crippen LogP contribution in [0.1, 0.15) is 17.7 Å². The summed E-state index contributed by atoms with van der Waals surface area (Å²) in [4.78, 5) is 0.834. The molecule has 0 radical (unpaired) electrons. The number of nitrogens with one attached hydrogen (secondary N) is 1. The van der Waals surface area contributed by atoms with Crippen LogP contribution in [-0.2, 0) is 16.6 Å². The van der Waals surface area contributed by atoms with Gasteiger partial charge < -0.3 is 5.32 Å². The fourth-order valence-electron chi connectivity index (χ4n) is 2.32. The fraction of sp³-hybridized carbons (Fsp3) is 0.667. The number of halogens is 3. The topological polar surface area (TPSA) is 49.4 Å². The maximum atomic E-state index is 12.8. The summed E-state index contributed by atoms with van der Waals surface area (Å²) in [7, 11) is -2.09. The second-order valence-corrected chi connectivity index (χ2v) is 8.33. The number of alkyl halides is 3. The highest BCUT2D eigenvalue weighted by Crippen LogP contribution is 2.35. The molecule has 0 saturated carbocycles. The lowest BCUT2D eigenvalue weighted by atomic mass is 9.99. The summed E-state index contributed by atoms with van der Waals surface area (Å²) >= 11 is 1.09. The maximum absolute atomic E-state index is 12.8. The molecule has 0 bridgehead atoms. The Morgan fingerprint density at radius 2 is 2.14 bits per heavy atom. The van der Waals surface area contributed by atoms with Crippen molar-refractivity contribution >= 4 is 21.4 Å². The number of rotatable bonds is 4. The van der Waals surface area contributed by atoms with Gasteiger partial charge in [-0.1, -0.05) is 0 Å². The van der Waals surface area contributed by atoms with Gasteiger partial charge in [-0.2, -0.15) is 17.5 Å². The van der Waals surface area contributed by atoms with Crippen molar-refractivity contribution in [2.75, 3.05) is 20.1 Å². The van der Waals surface area contributed by atoms with E-state index in [1.807, 2.05) is 0 Å². The van der Waals surface area contributed by atoms with Crippen molar-refractivity contribution in [1.82, 2.24) is 9.62 Å². The van der Waals surface area contributed by atoms with Gasteiger partial charge in [-0.15, -0.1) is 11.3 Å². The molecule has 1 fully saturated rings. The first-order valence-electron chi connectivity index (χ1n) is 6.55. The molecular weight excluding hydrogens is 325 g/mol. The fourth-order valence-corrected chi connectivity index (χ4v) is 5.37. The van der Waals surface area contributed by atoms with Crippen LogP contribution in [0.5, 0.6) is 0 Å². The second kappa shape index (κ2) is 6.23. The third-order valence-electron chi connectivity index (χ3n) is 3.43. The first-order valence-corrected chi connectivity index (χ1v) is 8.81. The van der Waals surface area contributed by atoms with E-state index in [9.17, 15) is 21.6 Å². The molecule has 120 valence electrons. The van der Waals surface area contributed by atoms with Crippen molar-refractivity contribution in [2.24, 2.45) is 5.92 Å². The van der Waals surface area contributed by atoms with Crippen LogP contribution in [0.3, 0.4) is 0 Å². The minimum Gasteiger partial charge on any atom is -0.315 e. The van der Waals surface area contributed by atoms with Gasteiger partial charge in [-0.05, 0) is 32.0 Å². The molecule has 1 aromatic rings. The molecule has 1 aliphatic rings. The molecule has 1 unspecified atom stereocenters. The predicted octanol–water partition coefficient (Wildman–Crippen LogP) is 2.43.